The monoisotopic (exact) mass is 244 g/mol. The quantitative estimate of drug-likeness (QED) is 0.736. The fourth-order valence-electron chi connectivity index (χ4n) is 1.59. The highest BCUT2D eigenvalue weighted by Crippen LogP contribution is 2.32. The number of hydrogen-bond acceptors (Lipinski definition) is 1. The van der Waals surface area contributed by atoms with Crippen LogP contribution < -0.4 is 0 Å². The van der Waals surface area contributed by atoms with E-state index >= 15 is 0 Å². The summed E-state index contributed by atoms with van der Waals surface area (Å²) in [7, 11) is 0. The molecule has 0 aromatic heterocycles. The van der Waals surface area contributed by atoms with Crippen molar-refractivity contribution in [2.24, 2.45) is 0 Å². The first-order valence-electron chi connectivity index (χ1n) is 4.34. The Hall–Kier alpha value is -0.410. The Kier molecular flexibility index (Phi) is 2.65. The molecule has 1 heterocycles. The molecule has 0 radical (unpaired) electrons. The highest BCUT2D eigenvalue weighted by Gasteiger charge is 2.21. The lowest BCUT2D eigenvalue weighted by Crippen LogP contribution is -1.99. The highest BCUT2D eigenvalue weighted by atomic mass is 79.9. The Balaban J connectivity index is 2.33. The predicted octanol–water partition coefficient (Wildman–Crippen LogP) is 3.44. The minimum absolute atomic E-state index is 0.0440. The van der Waals surface area contributed by atoms with E-state index in [2.05, 4.69) is 15.9 Å². The molecule has 1 aromatic rings. The van der Waals surface area contributed by atoms with Gasteiger partial charge in [0.1, 0.15) is 5.82 Å². The van der Waals surface area contributed by atoms with Crippen LogP contribution in [0.3, 0.4) is 0 Å². The number of hydrogen-bond donors (Lipinski definition) is 0. The third-order valence-electron chi connectivity index (χ3n) is 2.26. The molecule has 13 heavy (non-hydrogen) atoms. The smallest absolute Gasteiger partial charge is 0.143 e. The molecule has 1 aliphatic rings. The molecule has 0 N–H and O–H groups in total. The molecule has 1 aromatic carbocycles. The largest absolute Gasteiger partial charge is 0.373 e. The maximum atomic E-state index is 13.5. The van der Waals surface area contributed by atoms with E-state index in [4.69, 9.17) is 4.74 Å². The highest BCUT2D eigenvalue weighted by molar-refractivity contribution is 9.10. The summed E-state index contributed by atoms with van der Waals surface area (Å²) in [5.41, 5.74) is 0.673. The average molecular weight is 245 g/mol. The molecule has 1 unspecified atom stereocenters. The maximum absolute atomic E-state index is 13.5. The van der Waals surface area contributed by atoms with E-state index in [0.717, 1.165) is 19.4 Å². The van der Waals surface area contributed by atoms with Crippen LogP contribution in [0.2, 0.25) is 0 Å². The molecule has 1 nitrogen and oxygen atoms in total. The van der Waals surface area contributed by atoms with E-state index in [1.165, 1.54) is 0 Å². The van der Waals surface area contributed by atoms with E-state index in [0.29, 0.717) is 10.0 Å². The SMILES string of the molecule is Fc1c(Br)cccc1C1CCCO1. The van der Waals surface area contributed by atoms with Gasteiger partial charge in [-0.2, -0.15) is 0 Å². The van der Waals surface area contributed by atoms with Gasteiger partial charge in [-0.1, -0.05) is 12.1 Å². The molecule has 1 aliphatic heterocycles. The summed E-state index contributed by atoms with van der Waals surface area (Å²) in [6, 6.07) is 5.33. The minimum atomic E-state index is -0.186. The van der Waals surface area contributed by atoms with Crippen LogP contribution in [0.15, 0.2) is 22.7 Å². The second-order valence-corrected chi connectivity index (χ2v) is 4.00. The van der Waals surface area contributed by atoms with Crippen molar-refractivity contribution in [1.82, 2.24) is 0 Å². The fourth-order valence-corrected chi connectivity index (χ4v) is 1.97. The number of ether oxygens (including phenoxy) is 1. The van der Waals surface area contributed by atoms with Gasteiger partial charge in [0, 0.05) is 12.2 Å². The summed E-state index contributed by atoms with van der Waals surface area (Å²) in [5, 5.41) is 0. The van der Waals surface area contributed by atoms with E-state index in [-0.39, 0.29) is 11.9 Å². The van der Waals surface area contributed by atoms with Gasteiger partial charge in [0.25, 0.3) is 0 Å². The van der Waals surface area contributed by atoms with Crippen LogP contribution in [0.5, 0.6) is 0 Å². The van der Waals surface area contributed by atoms with Gasteiger partial charge in [-0.3, -0.25) is 0 Å². The standard InChI is InChI=1S/C10H10BrFO/c11-8-4-1-3-7(10(8)12)9-5-2-6-13-9/h1,3-4,9H,2,5-6H2. The molecule has 0 saturated carbocycles. The van der Waals surface area contributed by atoms with Crippen LogP contribution in [0.25, 0.3) is 0 Å². The van der Waals surface area contributed by atoms with E-state index < -0.39 is 0 Å². The fraction of sp³-hybridized carbons (Fsp3) is 0.400. The number of benzene rings is 1. The van der Waals surface area contributed by atoms with Crippen molar-refractivity contribution >= 4 is 15.9 Å². The van der Waals surface area contributed by atoms with Crippen LogP contribution in [0.4, 0.5) is 4.39 Å². The van der Waals surface area contributed by atoms with Crippen molar-refractivity contribution in [2.75, 3.05) is 6.61 Å². The lowest BCUT2D eigenvalue weighted by molar-refractivity contribution is 0.109. The zero-order valence-electron chi connectivity index (χ0n) is 7.09. The first kappa shape index (κ1) is 9.16. The van der Waals surface area contributed by atoms with Gasteiger partial charge < -0.3 is 4.74 Å². The summed E-state index contributed by atoms with van der Waals surface area (Å²) in [5.74, 6) is -0.186. The summed E-state index contributed by atoms with van der Waals surface area (Å²) < 4.78 is 19.5. The van der Waals surface area contributed by atoms with Crippen LogP contribution in [0.1, 0.15) is 24.5 Å². The number of rotatable bonds is 1. The Morgan fingerprint density at radius 2 is 2.31 bits per heavy atom. The van der Waals surface area contributed by atoms with Gasteiger partial charge in [0.2, 0.25) is 0 Å². The third kappa shape index (κ3) is 1.76. The van der Waals surface area contributed by atoms with Gasteiger partial charge in [0.05, 0.1) is 10.6 Å². The normalized spacial score (nSPS) is 22.2. The summed E-state index contributed by atoms with van der Waals surface area (Å²) >= 11 is 3.16. The maximum Gasteiger partial charge on any atom is 0.143 e. The van der Waals surface area contributed by atoms with Crippen molar-refractivity contribution in [3.8, 4) is 0 Å². The molecule has 3 heteroatoms. The van der Waals surface area contributed by atoms with Gasteiger partial charge in [-0.25, -0.2) is 4.39 Å². The Bertz CT molecular complexity index is 308. The Morgan fingerprint density at radius 1 is 1.46 bits per heavy atom. The summed E-state index contributed by atoms with van der Waals surface area (Å²) in [6.07, 6.45) is 1.90. The van der Waals surface area contributed by atoms with Crippen molar-refractivity contribution in [2.45, 2.75) is 18.9 Å². The lowest BCUT2D eigenvalue weighted by Gasteiger charge is -2.11. The summed E-state index contributed by atoms with van der Waals surface area (Å²) in [4.78, 5) is 0. The second-order valence-electron chi connectivity index (χ2n) is 3.14. The van der Waals surface area contributed by atoms with E-state index in [1.807, 2.05) is 6.07 Å². The Labute approximate surface area is 85.0 Å². The van der Waals surface area contributed by atoms with Gasteiger partial charge in [0.15, 0.2) is 0 Å². The number of halogens is 2. The molecular formula is C10H10BrFO. The first-order chi connectivity index (χ1) is 6.29. The second kappa shape index (κ2) is 3.76. The average Bonchev–Trinajstić information content (AvgIpc) is 2.62. The summed E-state index contributed by atoms with van der Waals surface area (Å²) in [6.45, 7) is 0.747. The van der Waals surface area contributed by atoms with Crippen LogP contribution >= 0.6 is 15.9 Å². The molecule has 0 bridgehead atoms. The van der Waals surface area contributed by atoms with Crippen molar-refractivity contribution in [1.29, 1.82) is 0 Å². The van der Waals surface area contributed by atoms with Gasteiger partial charge >= 0.3 is 0 Å². The zero-order valence-corrected chi connectivity index (χ0v) is 8.68. The predicted molar refractivity (Wildman–Crippen MR) is 52.0 cm³/mol. The molecule has 1 saturated heterocycles. The molecule has 70 valence electrons. The molecule has 1 fully saturated rings. The van der Waals surface area contributed by atoms with Crippen molar-refractivity contribution < 1.29 is 9.13 Å². The van der Waals surface area contributed by atoms with Crippen molar-refractivity contribution in [3.63, 3.8) is 0 Å². The van der Waals surface area contributed by atoms with Crippen molar-refractivity contribution in [3.05, 3.63) is 34.1 Å². The molecular weight excluding hydrogens is 235 g/mol. The zero-order chi connectivity index (χ0) is 9.26. The van der Waals surface area contributed by atoms with Crippen LogP contribution in [0, 0.1) is 5.82 Å². The third-order valence-corrected chi connectivity index (χ3v) is 2.87. The van der Waals surface area contributed by atoms with E-state index in [9.17, 15) is 4.39 Å². The molecule has 1 atom stereocenters. The molecule has 2 rings (SSSR count). The molecule has 0 spiro atoms. The van der Waals surface area contributed by atoms with Gasteiger partial charge in [-0.15, -0.1) is 0 Å². The topological polar surface area (TPSA) is 9.23 Å². The first-order valence-corrected chi connectivity index (χ1v) is 5.14. The van der Waals surface area contributed by atoms with Crippen LogP contribution in [-0.4, -0.2) is 6.61 Å². The molecule has 0 aliphatic carbocycles. The lowest BCUT2D eigenvalue weighted by atomic mass is 10.1. The minimum Gasteiger partial charge on any atom is -0.373 e. The molecule has 0 amide bonds. The van der Waals surface area contributed by atoms with Gasteiger partial charge in [-0.05, 0) is 34.8 Å². The van der Waals surface area contributed by atoms with Crippen LogP contribution in [-0.2, 0) is 4.74 Å². The van der Waals surface area contributed by atoms with E-state index in [1.54, 1.807) is 12.1 Å². The Morgan fingerprint density at radius 3 is 3.00 bits per heavy atom.